The largest absolute Gasteiger partial charge is 0.461 e. The van der Waals surface area contributed by atoms with Crippen molar-refractivity contribution in [3.05, 3.63) is 36.0 Å². The summed E-state index contributed by atoms with van der Waals surface area (Å²) in [6, 6.07) is 8.86. The molecule has 2 aromatic rings. The Morgan fingerprint density at radius 1 is 1.14 bits per heavy atom. The van der Waals surface area contributed by atoms with Gasteiger partial charge in [0.1, 0.15) is 24.4 Å². The predicted molar refractivity (Wildman–Crippen MR) is 102 cm³/mol. The van der Waals surface area contributed by atoms with Crippen LogP contribution >= 0.6 is 0 Å². The molecule has 0 spiro atoms. The summed E-state index contributed by atoms with van der Waals surface area (Å²) < 4.78 is 10.7. The van der Waals surface area contributed by atoms with Crippen molar-refractivity contribution in [1.82, 2.24) is 4.98 Å². The van der Waals surface area contributed by atoms with Crippen molar-refractivity contribution >= 4 is 11.9 Å². The van der Waals surface area contributed by atoms with Gasteiger partial charge < -0.3 is 39.6 Å². The molecule has 0 unspecified atom stereocenters. The molecule has 29 heavy (non-hydrogen) atoms. The number of ether oxygens (including phenoxy) is 1. The first kappa shape index (κ1) is 22.8. The molecule has 0 amide bonds. The van der Waals surface area contributed by atoms with E-state index in [2.05, 4.69) is 4.98 Å². The Bertz CT molecular complexity index is 782. The van der Waals surface area contributed by atoms with Crippen molar-refractivity contribution in [2.45, 2.75) is 31.3 Å². The summed E-state index contributed by atoms with van der Waals surface area (Å²) in [4.78, 5) is 17.8. The van der Waals surface area contributed by atoms with Crippen LogP contribution in [-0.4, -0.2) is 87.7 Å². The Kier molecular flexibility index (Phi) is 8.11. The van der Waals surface area contributed by atoms with Crippen LogP contribution < -0.4 is 4.90 Å². The minimum atomic E-state index is -1.76. The molecule has 0 bridgehead atoms. The van der Waals surface area contributed by atoms with E-state index >= 15 is 0 Å². The summed E-state index contributed by atoms with van der Waals surface area (Å²) >= 11 is 0. The lowest BCUT2D eigenvalue weighted by molar-refractivity contribution is -0.112. The van der Waals surface area contributed by atoms with Crippen LogP contribution in [0.3, 0.4) is 0 Å². The highest BCUT2D eigenvalue weighted by Crippen LogP contribution is 2.28. The predicted octanol–water partition coefficient (Wildman–Crippen LogP) is -0.610. The van der Waals surface area contributed by atoms with Crippen molar-refractivity contribution in [2.75, 3.05) is 31.7 Å². The van der Waals surface area contributed by atoms with Crippen LogP contribution in [0.5, 0.6) is 0 Å². The van der Waals surface area contributed by atoms with Crippen molar-refractivity contribution in [1.29, 1.82) is 0 Å². The van der Waals surface area contributed by atoms with E-state index in [9.17, 15) is 25.2 Å². The molecule has 2 rings (SSSR count). The van der Waals surface area contributed by atoms with Crippen LogP contribution in [0, 0.1) is 0 Å². The molecule has 10 heteroatoms. The summed E-state index contributed by atoms with van der Waals surface area (Å²) in [6.45, 7) is 0.720. The highest BCUT2D eigenvalue weighted by Gasteiger charge is 2.32. The number of carbonyl (C=O) groups is 1. The lowest BCUT2D eigenvalue weighted by Gasteiger charge is -2.28. The maximum Gasteiger partial charge on any atom is 0.362 e. The Labute approximate surface area is 167 Å². The minimum Gasteiger partial charge on any atom is -0.461 e. The van der Waals surface area contributed by atoms with Gasteiger partial charge in [0.15, 0.2) is 0 Å². The van der Waals surface area contributed by atoms with Gasteiger partial charge in [-0.3, -0.25) is 0 Å². The van der Waals surface area contributed by atoms with E-state index in [0.717, 1.165) is 0 Å². The number of benzene rings is 1. The zero-order valence-corrected chi connectivity index (χ0v) is 16.2. The molecular weight excluding hydrogens is 384 g/mol. The molecule has 0 saturated carbocycles. The molecule has 0 saturated heterocycles. The van der Waals surface area contributed by atoms with Crippen LogP contribution in [0.25, 0.3) is 11.5 Å². The van der Waals surface area contributed by atoms with E-state index in [0.29, 0.717) is 5.56 Å². The highest BCUT2D eigenvalue weighted by atomic mass is 16.5. The summed E-state index contributed by atoms with van der Waals surface area (Å²) in [5, 5.41) is 48.2. The number of aliphatic hydroxyl groups excluding tert-OH is 5. The Balaban J connectivity index is 2.26. The van der Waals surface area contributed by atoms with Gasteiger partial charge in [0.2, 0.25) is 17.5 Å². The molecule has 1 heterocycles. The summed E-state index contributed by atoms with van der Waals surface area (Å²) in [5.41, 5.74) is 0.519. The number of carbonyl (C=O) groups excluding carboxylic acids is 1. The normalized spacial score (nSPS) is 15.4. The lowest BCUT2D eigenvalue weighted by Crippen LogP contribution is -2.49. The number of esters is 1. The van der Waals surface area contributed by atoms with Gasteiger partial charge in [-0.2, -0.15) is 4.98 Å². The number of oxazole rings is 1. The van der Waals surface area contributed by atoms with Gasteiger partial charge in [-0.05, 0) is 19.1 Å². The van der Waals surface area contributed by atoms with E-state index in [1.807, 2.05) is 6.07 Å². The number of aliphatic hydroxyl groups is 5. The lowest BCUT2D eigenvalue weighted by atomic mass is 10.0. The van der Waals surface area contributed by atoms with Crippen molar-refractivity contribution in [3.63, 3.8) is 0 Å². The summed E-state index contributed by atoms with van der Waals surface area (Å²) in [7, 11) is 1.49. The topological polar surface area (TPSA) is 157 Å². The molecule has 0 fully saturated rings. The van der Waals surface area contributed by atoms with Crippen LogP contribution in [0.2, 0.25) is 0 Å². The first-order valence-corrected chi connectivity index (χ1v) is 9.07. The SMILES string of the molecule is CCOC(=O)c1nc(-c2ccccc2)oc1N(C)C[C@H](O)[C@H](O)[C@H](O)[C@@H](O)CO. The number of hydrogen-bond acceptors (Lipinski definition) is 10. The molecule has 5 N–H and O–H groups in total. The molecule has 1 aromatic heterocycles. The second kappa shape index (κ2) is 10.3. The maximum atomic E-state index is 12.3. The van der Waals surface area contributed by atoms with Crippen LogP contribution in [0.1, 0.15) is 17.4 Å². The van der Waals surface area contributed by atoms with Crippen LogP contribution in [0.15, 0.2) is 34.7 Å². The molecule has 0 aliphatic heterocycles. The quantitative estimate of drug-likeness (QED) is 0.320. The zero-order valence-electron chi connectivity index (χ0n) is 16.2. The molecule has 0 radical (unpaired) electrons. The third-order valence-corrected chi connectivity index (χ3v) is 4.23. The van der Waals surface area contributed by atoms with Crippen LogP contribution in [0.4, 0.5) is 5.88 Å². The number of anilines is 1. The fraction of sp³-hybridized carbons (Fsp3) is 0.474. The highest BCUT2D eigenvalue weighted by molar-refractivity contribution is 5.93. The zero-order chi connectivity index (χ0) is 21.6. The van der Waals surface area contributed by atoms with Crippen molar-refractivity contribution < 1.29 is 39.5 Å². The summed E-state index contributed by atoms with van der Waals surface area (Å²) in [6.07, 6.45) is -6.66. The van der Waals surface area contributed by atoms with Gasteiger partial charge in [-0.25, -0.2) is 4.79 Å². The summed E-state index contributed by atoms with van der Waals surface area (Å²) in [5.74, 6) is -0.543. The smallest absolute Gasteiger partial charge is 0.362 e. The van der Waals surface area contributed by atoms with Crippen molar-refractivity contribution in [3.8, 4) is 11.5 Å². The number of aromatic nitrogens is 1. The molecule has 1 aromatic carbocycles. The van der Waals surface area contributed by atoms with Crippen LogP contribution in [-0.2, 0) is 4.74 Å². The fourth-order valence-corrected chi connectivity index (χ4v) is 2.64. The van der Waals surface area contributed by atoms with E-state index in [1.54, 1.807) is 31.2 Å². The first-order valence-electron chi connectivity index (χ1n) is 9.07. The fourth-order valence-electron chi connectivity index (χ4n) is 2.64. The van der Waals surface area contributed by atoms with Gasteiger partial charge in [-0.15, -0.1) is 0 Å². The Morgan fingerprint density at radius 2 is 1.76 bits per heavy atom. The van der Waals surface area contributed by atoms with E-state index in [-0.39, 0.29) is 30.6 Å². The second-order valence-corrected chi connectivity index (χ2v) is 6.44. The molecule has 0 aliphatic rings. The van der Waals surface area contributed by atoms with Gasteiger partial charge in [0, 0.05) is 19.2 Å². The number of likely N-dealkylation sites (N-methyl/N-ethyl adjacent to an activating group) is 1. The minimum absolute atomic E-state index is 0.00532. The molecule has 0 aliphatic carbocycles. The number of rotatable bonds is 10. The average Bonchev–Trinajstić information content (AvgIpc) is 3.18. The molecular formula is C19H26N2O8. The third-order valence-electron chi connectivity index (χ3n) is 4.23. The maximum absolute atomic E-state index is 12.3. The van der Waals surface area contributed by atoms with E-state index in [1.165, 1.54) is 11.9 Å². The van der Waals surface area contributed by atoms with Gasteiger partial charge in [0.25, 0.3) is 0 Å². The van der Waals surface area contributed by atoms with E-state index < -0.39 is 37.0 Å². The number of hydrogen-bond donors (Lipinski definition) is 5. The molecule has 4 atom stereocenters. The van der Waals surface area contributed by atoms with Gasteiger partial charge >= 0.3 is 5.97 Å². The monoisotopic (exact) mass is 410 g/mol. The van der Waals surface area contributed by atoms with Crippen molar-refractivity contribution in [2.24, 2.45) is 0 Å². The Hall–Kier alpha value is -2.50. The average molecular weight is 410 g/mol. The molecule has 160 valence electrons. The Morgan fingerprint density at radius 3 is 2.34 bits per heavy atom. The standard InChI is InChI=1S/C19H26N2O8/c1-3-28-19(27)14-18(29-17(20-14)11-7-5-4-6-8-11)21(2)9-12(23)15(25)16(26)13(24)10-22/h4-8,12-13,15-16,22-26H,3,9-10H2,1-2H3/t12-,13-,15-,16+/m0/s1. The van der Waals surface area contributed by atoms with Gasteiger partial charge in [-0.1, -0.05) is 18.2 Å². The third kappa shape index (κ3) is 5.52. The van der Waals surface area contributed by atoms with Gasteiger partial charge in [0.05, 0.1) is 13.2 Å². The second-order valence-electron chi connectivity index (χ2n) is 6.44. The molecule has 10 nitrogen and oxygen atoms in total. The first-order chi connectivity index (χ1) is 13.8. The van der Waals surface area contributed by atoms with E-state index in [4.69, 9.17) is 14.3 Å². The number of nitrogens with zero attached hydrogens (tertiary/aromatic N) is 2.